The second-order valence-electron chi connectivity index (χ2n) is 11.1. The number of benzene rings is 5. The van der Waals surface area contributed by atoms with Crippen molar-refractivity contribution in [3.63, 3.8) is 0 Å². The van der Waals surface area contributed by atoms with Crippen LogP contribution in [0.1, 0.15) is 12.5 Å². The molecular weight excluding hydrogens is 555 g/mol. The van der Waals surface area contributed by atoms with Crippen LogP contribution in [0.5, 0.6) is 0 Å². The van der Waals surface area contributed by atoms with Gasteiger partial charge in [-0.05, 0) is 48.8 Å². The topological polar surface area (TPSA) is 36.1 Å². The molecule has 0 N–H and O–H groups in total. The Morgan fingerprint density at radius 2 is 1.31 bits per heavy atom. The van der Waals surface area contributed by atoms with Crippen molar-refractivity contribution in [3.8, 4) is 5.69 Å². The van der Waals surface area contributed by atoms with Crippen LogP contribution in [0.25, 0.3) is 65.9 Å². The highest BCUT2D eigenvalue weighted by atomic mass is 32.1. The molecule has 4 nitrogen and oxygen atoms in total. The monoisotopic (exact) mass is 576 g/mol. The first-order chi connectivity index (χ1) is 20.7. The lowest BCUT2D eigenvalue weighted by molar-refractivity contribution is 0.640. The zero-order chi connectivity index (χ0) is 27.7. The molecule has 0 saturated carbocycles. The van der Waals surface area contributed by atoms with Gasteiger partial charge in [0.2, 0.25) is 0 Å². The number of thiol groups is 1. The minimum absolute atomic E-state index is 0.0271. The quantitative estimate of drug-likeness (QED) is 0.121. The van der Waals surface area contributed by atoms with Gasteiger partial charge in [-0.25, -0.2) is 0 Å². The van der Waals surface area contributed by atoms with E-state index in [4.69, 9.17) is 21.5 Å². The molecular formula is C35H21BN2O2S2. The molecule has 0 atom stereocenters. The summed E-state index contributed by atoms with van der Waals surface area (Å²) in [7, 11) is 0. The summed E-state index contributed by atoms with van der Waals surface area (Å²) in [6.45, 7) is 2.32. The first-order valence-electron chi connectivity index (χ1n) is 14.0. The molecule has 3 aromatic heterocycles. The van der Waals surface area contributed by atoms with Gasteiger partial charge >= 0.3 is 0 Å². The van der Waals surface area contributed by atoms with Crippen LogP contribution in [0.4, 0.5) is 0 Å². The van der Waals surface area contributed by atoms with E-state index in [0.717, 1.165) is 60.6 Å². The van der Waals surface area contributed by atoms with Crippen molar-refractivity contribution >= 4 is 101 Å². The van der Waals surface area contributed by atoms with E-state index < -0.39 is 0 Å². The number of aromatic nitrogens is 2. The molecule has 0 saturated heterocycles. The van der Waals surface area contributed by atoms with Crippen molar-refractivity contribution in [1.29, 1.82) is 0 Å². The third-order valence-electron chi connectivity index (χ3n) is 8.90. The van der Waals surface area contributed by atoms with Crippen LogP contribution in [0.15, 0.2) is 122 Å². The molecule has 0 fully saturated rings. The fourth-order valence-electron chi connectivity index (χ4n) is 7.26. The molecule has 10 rings (SSSR count). The largest absolute Gasteiger partial charge is 0.453 e. The Hall–Kier alpha value is -4.59. The smallest absolute Gasteiger partial charge is 0.260 e. The summed E-state index contributed by atoms with van der Waals surface area (Å²) >= 11 is 6.86. The van der Waals surface area contributed by atoms with Gasteiger partial charge in [0.1, 0.15) is 0 Å². The summed E-state index contributed by atoms with van der Waals surface area (Å²) in [4.78, 5) is 0.949. The summed E-state index contributed by atoms with van der Waals surface area (Å²) in [5, 5.41) is 1.26. The van der Waals surface area contributed by atoms with Crippen molar-refractivity contribution in [1.82, 2.24) is 9.13 Å². The maximum absolute atomic E-state index is 6.70. The molecule has 2 aliphatic heterocycles. The first-order valence-corrected chi connectivity index (χ1v) is 15.3. The van der Waals surface area contributed by atoms with Crippen LogP contribution < -0.4 is 10.2 Å². The summed E-state index contributed by atoms with van der Waals surface area (Å²) in [5.74, 6) is 0. The number of hydrogen-bond acceptors (Lipinski definition) is 4. The van der Waals surface area contributed by atoms with Crippen LogP contribution >= 0.6 is 24.0 Å². The predicted molar refractivity (Wildman–Crippen MR) is 178 cm³/mol. The van der Waals surface area contributed by atoms with Gasteiger partial charge in [-0.3, -0.25) is 0 Å². The molecule has 0 radical (unpaired) electrons. The number of hydrogen-bond donors (Lipinski definition) is 1. The lowest BCUT2D eigenvalue weighted by Crippen LogP contribution is -2.51. The number of rotatable bonds is 1. The molecule has 2 aliphatic rings. The van der Waals surface area contributed by atoms with Crippen LogP contribution in [0.3, 0.4) is 0 Å². The maximum atomic E-state index is 6.70. The lowest BCUT2D eigenvalue weighted by atomic mass is 9.36. The Morgan fingerprint density at radius 1 is 0.690 bits per heavy atom. The molecule has 0 spiro atoms. The lowest BCUT2D eigenvalue weighted by Gasteiger charge is -2.35. The Kier molecular flexibility index (Phi) is 4.40. The normalized spacial score (nSPS) is 13.8. The van der Waals surface area contributed by atoms with Crippen molar-refractivity contribution in [2.45, 2.75) is 11.8 Å². The van der Waals surface area contributed by atoms with E-state index >= 15 is 0 Å². The van der Waals surface area contributed by atoms with E-state index in [9.17, 15) is 0 Å². The second-order valence-corrected chi connectivity index (χ2v) is 12.7. The molecule has 198 valence electrons. The van der Waals surface area contributed by atoms with E-state index in [1.54, 1.807) is 0 Å². The van der Waals surface area contributed by atoms with E-state index in [2.05, 4.69) is 94.9 Å². The highest BCUT2D eigenvalue weighted by molar-refractivity contribution is 7.80. The molecule has 0 bridgehead atoms. The molecule has 42 heavy (non-hydrogen) atoms. The Bertz CT molecular complexity index is 2570. The van der Waals surface area contributed by atoms with Crippen molar-refractivity contribution in [2.24, 2.45) is 0 Å². The van der Waals surface area contributed by atoms with Crippen molar-refractivity contribution in [2.75, 3.05) is 0 Å². The van der Waals surface area contributed by atoms with Gasteiger partial charge in [0.05, 0.1) is 27.8 Å². The van der Waals surface area contributed by atoms with Crippen molar-refractivity contribution in [3.05, 3.63) is 114 Å². The van der Waals surface area contributed by atoms with Gasteiger partial charge in [-0.2, -0.15) is 0 Å². The average molecular weight is 577 g/mol. The number of para-hydroxylation sites is 4. The number of thiophene rings is 1. The minimum Gasteiger partial charge on any atom is -0.453 e. The van der Waals surface area contributed by atoms with Crippen LogP contribution in [0.2, 0.25) is 0 Å². The second kappa shape index (κ2) is 8.03. The van der Waals surface area contributed by atoms with Crippen molar-refractivity contribution < 1.29 is 8.83 Å². The Morgan fingerprint density at radius 3 is 2.07 bits per heavy atom. The average Bonchev–Trinajstić information content (AvgIpc) is 3.40. The summed E-state index contributed by atoms with van der Waals surface area (Å²) in [6, 6.07) is 35.9. The molecule has 7 heteroatoms. The predicted octanol–water partition coefficient (Wildman–Crippen LogP) is 8.46. The summed E-state index contributed by atoms with van der Waals surface area (Å²) in [6.07, 6.45) is 0. The van der Waals surface area contributed by atoms with E-state index in [0.29, 0.717) is 0 Å². The van der Waals surface area contributed by atoms with E-state index in [-0.39, 0.29) is 6.71 Å². The molecule has 0 unspecified atom stereocenters. The highest BCUT2D eigenvalue weighted by Crippen LogP contribution is 2.43. The Balaban J connectivity index is 1.54. The van der Waals surface area contributed by atoms with E-state index in [1.165, 1.54) is 31.5 Å². The molecule has 0 amide bonds. The third-order valence-corrected chi connectivity index (χ3v) is 10.5. The third kappa shape index (κ3) is 2.75. The number of nitrogens with zero attached hydrogens (tertiary/aromatic N) is 2. The standard InChI is InChI=1S/C35H21BN2O2S2/c1-19-31(20-10-2-8-16-28(20)41)37-22-12-4-6-14-24(22)39-26-18-27-34-30(33(26)37)36(19)35-32(21-11-3-9-17-29(21)42-35)38(34)23-13-5-7-15-25(23)40-27/h2-18,41H,1H3. The number of fused-ring (bicyclic) bond motifs is 9. The van der Waals surface area contributed by atoms with E-state index in [1.807, 2.05) is 35.6 Å². The van der Waals surface area contributed by atoms with Crippen LogP contribution in [-0.4, -0.2) is 15.8 Å². The maximum Gasteiger partial charge on any atom is 0.260 e. The van der Waals surface area contributed by atoms with Crippen LogP contribution in [0, 0.1) is 0 Å². The summed E-state index contributed by atoms with van der Waals surface area (Å²) in [5.41, 5.74) is 13.6. The fourth-order valence-corrected chi connectivity index (χ4v) is 8.90. The fraction of sp³-hybridized carbons (Fsp3) is 0.0286. The molecule has 0 aliphatic carbocycles. The Labute approximate surface area is 249 Å². The zero-order valence-electron chi connectivity index (χ0n) is 22.5. The van der Waals surface area contributed by atoms with Gasteiger partial charge in [0.15, 0.2) is 22.3 Å². The first kappa shape index (κ1) is 23.0. The van der Waals surface area contributed by atoms with Gasteiger partial charge in [0, 0.05) is 37.1 Å². The highest BCUT2D eigenvalue weighted by Gasteiger charge is 2.42. The van der Waals surface area contributed by atoms with Gasteiger partial charge in [-0.15, -0.1) is 24.0 Å². The molecule has 8 aromatic rings. The zero-order valence-corrected chi connectivity index (χ0v) is 24.2. The van der Waals surface area contributed by atoms with Gasteiger partial charge in [-0.1, -0.05) is 66.1 Å². The number of allylic oxidation sites excluding steroid dienone is 1. The van der Waals surface area contributed by atoms with Gasteiger partial charge < -0.3 is 18.0 Å². The minimum atomic E-state index is 0.0271. The molecule has 5 aromatic carbocycles. The van der Waals surface area contributed by atoms with Crippen LogP contribution in [-0.2, 0) is 0 Å². The SMILES string of the molecule is CC1=C(c2ccccc2S)n2c3ccccc3oc3cc4oc5ccccc5n5c4c(c32)B1c1sc2ccccc2c1-5. The molecule has 5 heterocycles. The van der Waals surface area contributed by atoms with Gasteiger partial charge in [0.25, 0.3) is 6.71 Å². The summed E-state index contributed by atoms with van der Waals surface area (Å²) < 4.78 is 20.9.